The van der Waals surface area contributed by atoms with Gasteiger partial charge in [-0.05, 0) is 60.2 Å². The lowest BCUT2D eigenvalue weighted by Crippen LogP contribution is -2.40. The number of carbonyl (C=O) groups excluding carboxylic acids is 2. The number of nitrogens with zero attached hydrogens (tertiary/aromatic N) is 5. The Morgan fingerprint density at radius 1 is 1.07 bits per heavy atom. The maximum atomic E-state index is 12.9. The van der Waals surface area contributed by atoms with Gasteiger partial charge in [0.05, 0.1) is 25.3 Å². The zero-order chi connectivity index (χ0) is 28.5. The van der Waals surface area contributed by atoms with Crippen molar-refractivity contribution >= 4 is 40.6 Å². The van der Waals surface area contributed by atoms with Crippen LogP contribution in [0, 0.1) is 0 Å². The third kappa shape index (κ3) is 5.78. The quantitative estimate of drug-likeness (QED) is 0.367. The SMILES string of the molecule is CC(=O)N1c2ccc(-c3cccc(CNC(=O)Cc4cn5cc(Cl)nc(N6CCOCC6)c5n4)c3)cc2CC[C@@H]1C. The largest absolute Gasteiger partial charge is 0.378 e. The Bertz CT molecular complexity index is 1610. The molecule has 0 aliphatic carbocycles. The first-order chi connectivity index (χ1) is 19.9. The van der Waals surface area contributed by atoms with Gasteiger partial charge in [-0.2, -0.15) is 0 Å². The van der Waals surface area contributed by atoms with Gasteiger partial charge in [0, 0.05) is 50.7 Å². The van der Waals surface area contributed by atoms with Crippen LogP contribution in [0.1, 0.15) is 37.1 Å². The van der Waals surface area contributed by atoms with Crippen molar-refractivity contribution < 1.29 is 14.3 Å². The van der Waals surface area contributed by atoms with Crippen LogP contribution in [0.4, 0.5) is 11.5 Å². The summed E-state index contributed by atoms with van der Waals surface area (Å²) in [6.45, 7) is 6.82. The van der Waals surface area contributed by atoms with Crippen molar-refractivity contribution in [3.05, 3.63) is 76.8 Å². The molecule has 4 heterocycles. The molecule has 9 nitrogen and oxygen atoms in total. The number of halogens is 1. The molecule has 0 radical (unpaired) electrons. The first kappa shape index (κ1) is 27.2. The molecule has 212 valence electrons. The lowest BCUT2D eigenvalue weighted by molar-refractivity contribution is -0.120. The van der Waals surface area contributed by atoms with Gasteiger partial charge in [0.25, 0.3) is 0 Å². The molecule has 1 atom stereocenters. The van der Waals surface area contributed by atoms with Crippen molar-refractivity contribution in [1.82, 2.24) is 19.7 Å². The Labute approximate surface area is 244 Å². The van der Waals surface area contributed by atoms with E-state index < -0.39 is 0 Å². The second kappa shape index (κ2) is 11.5. The minimum Gasteiger partial charge on any atom is -0.378 e. The predicted octanol–water partition coefficient (Wildman–Crippen LogP) is 4.43. The van der Waals surface area contributed by atoms with Crippen LogP contribution in [0.2, 0.25) is 5.15 Å². The Morgan fingerprint density at radius 3 is 2.68 bits per heavy atom. The first-order valence-electron chi connectivity index (χ1n) is 14.0. The fourth-order valence-electron chi connectivity index (χ4n) is 5.78. The van der Waals surface area contributed by atoms with E-state index in [-0.39, 0.29) is 24.3 Å². The normalized spacial score (nSPS) is 17.0. The van der Waals surface area contributed by atoms with Crippen LogP contribution in [-0.4, -0.2) is 58.5 Å². The third-order valence-electron chi connectivity index (χ3n) is 7.79. The maximum Gasteiger partial charge on any atom is 0.226 e. The van der Waals surface area contributed by atoms with Crippen molar-refractivity contribution in [2.24, 2.45) is 0 Å². The summed E-state index contributed by atoms with van der Waals surface area (Å²) in [5, 5.41) is 3.40. The Kier molecular flexibility index (Phi) is 7.64. The summed E-state index contributed by atoms with van der Waals surface area (Å²) in [4.78, 5) is 38.3. The van der Waals surface area contributed by atoms with Crippen molar-refractivity contribution in [2.45, 2.75) is 45.7 Å². The Hall–Kier alpha value is -3.95. The van der Waals surface area contributed by atoms with Gasteiger partial charge >= 0.3 is 0 Å². The average molecular weight is 573 g/mol. The van der Waals surface area contributed by atoms with E-state index in [9.17, 15) is 9.59 Å². The number of aromatic nitrogens is 3. The molecule has 1 fully saturated rings. The van der Waals surface area contributed by atoms with Crippen LogP contribution >= 0.6 is 11.6 Å². The summed E-state index contributed by atoms with van der Waals surface area (Å²) in [7, 11) is 0. The van der Waals surface area contributed by atoms with Crippen molar-refractivity contribution in [3.8, 4) is 11.1 Å². The molecule has 6 rings (SSSR count). The second-order valence-corrected chi connectivity index (χ2v) is 11.1. The van der Waals surface area contributed by atoms with E-state index >= 15 is 0 Å². The first-order valence-corrected chi connectivity index (χ1v) is 14.4. The molecular weight excluding hydrogens is 540 g/mol. The molecule has 2 amide bonds. The lowest BCUT2D eigenvalue weighted by atomic mass is 9.92. The number of rotatable bonds is 6. The smallest absolute Gasteiger partial charge is 0.226 e. The molecule has 0 bridgehead atoms. The molecule has 2 aliphatic heterocycles. The average Bonchev–Trinajstić information content (AvgIpc) is 3.37. The zero-order valence-corrected chi connectivity index (χ0v) is 24.0. The van der Waals surface area contributed by atoms with E-state index in [0.29, 0.717) is 55.2 Å². The summed E-state index contributed by atoms with van der Waals surface area (Å²) in [5.41, 5.74) is 6.71. The standard InChI is InChI=1S/C31H33ClN6O3/c1-20-6-7-25-15-24(8-9-27(25)38(20)21(2)39)23-5-3-4-22(14-23)17-33-29(40)16-26-18-37-19-28(32)35-31(30(37)34-26)36-10-12-41-13-11-36/h3-5,8-9,14-15,18-20H,6-7,10-13,16-17H2,1-2H3,(H,33,40)/t20-/m0/s1. The number of carbonyl (C=O) groups is 2. The van der Waals surface area contributed by atoms with Crippen LogP contribution < -0.4 is 15.1 Å². The van der Waals surface area contributed by atoms with Crippen molar-refractivity contribution in [3.63, 3.8) is 0 Å². The van der Waals surface area contributed by atoms with Crippen LogP contribution in [0.3, 0.4) is 0 Å². The fourth-order valence-corrected chi connectivity index (χ4v) is 5.96. The van der Waals surface area contributed by atoms with E-state index in [2.05, 4.69) is 52.5 Å². The van der Waals surface area contributed by atoms with Gasteiger partial charge in [0.1, 0.15) is 5.15 Å². The van der Waals surface area contributed by atoms with Crippen molar-refractivity contribution in [1.29, 1.82) is 0 Å². The van der Waals surface area contributed by atoms with Gasteiger partial charge in [0.2, 0.25) is 11.8 Å². The fraction of sp³-hybridized carbons (Fsp3) is 0.355. The summed E-state index contributed by atoms with van der Waals surface area (Å²) in [6.07, 6.45) is 5.59. The second-order valence-electron chi connectivity index (χ2n) is 10.7. The number of hydrogen-bond acceptors (Lipinski definition) is 6. The highest BCUT2D eigenvalue weighted by atomic mass is 35.5. The summed E-state index contributed by atoms with van der Waals surface area (Å²) >= 11 is 6.28. The van der Waals surface area contributed by atoms with E-state index in [4.69, 9.17) is 21.3 Å². The molecule has 41 heavy (non-hydrogen) atoms. The van der Waals surface area contributed by atoms with Crippen LogP contribution in [0.15, 0.2) is 54.9 Å². The number of aryl methyl sites for hydroxylation is 1. The van der Waals surface area contributed by atoms with Gasteiger partial charge in [-0.25, -0.2) is 9.97 Å². The van der Waals surface area contributed by atoms with Gasteiger partial charge in [0.15, 0.2) is 11.5 Å². The monoisotopic (exact) mass is 572 g/mol. The molecule has 2 aromatic heterocycles. The topological polar surface area (TPSA) is 92.1 Å². The van der Waals surface area contributed by atoms with Gasteiger partial charge < -0.3 is 24.3 Å². The Balaban J connectivity index is 1.13. The van der Waals surface area contributed by atoms with Gasteiger partial charge in [-0.1, -0.05) is 35.9 Å². The minimum absolute atomic E-state index is 0.0746. The lowest BCUT2D eigenvalue weighted by Gasteiger charge is -2.34. The predicted molar refractivity (Wildman–Crippen MR) is 159 cm³/mol. The summed E-state index contributed by atoms with van der Waals surface area (Å²) < 4.78 is 7.29. The zero-order valence-electron chi connectivity index (χ0n) is 23.3. The molecule has 10 heteroatoms. The molecule has 0 unspecified atom stereocenters. The van der Waals surface area contributed by atoms with Crippen LogP contribution in [0.5, 0.6) is 0 Å². The van der Waals surface area contributed by atoms with E-state index in [1.807, 2.05) is 27.6 Å². The highest BCUT2D eigenvalue weighted by Crippen LogP contribution is 2.34. The molecule has 1 N–H and O–H groups in total. The molecule has 4 aromatic rings. The molecule has 0 saturated carbocycles. The number of amides is 2. The van der Waals surface area contributed by atoms with Gasteiger partial charge in [-0.3, -0.25) is 9.59 Å². The molecular formula is C31H33ClN6O3. The third-order valence-corrected chi connectivity index (χ3v) is 7.98. The molecule has 0 spiro atoms. The number of imidazole rings is 1. The number of ether oxygens (including phenoxy) is 1. The number of hydrogen-bond donors (Lipinski definition) is 1. The molecule has 1 saturated heterocycles. The number of fused-ring (bicyclic) bond motifs is 2. The van der Waals surface area contributed by atoms with Crippen LogP contribution in [0.25, 0.3) is 16.8 Å². The highest BCUT2D eigenvalue weighted by molar-refractivity contribution is 6.29. The number of anilines is 2. The van der Waals surface area contributed by atoms with E-state index in [0.717, 1.165) is 35.2 Å². The number of nitrogens with one attached hydrogen (secondary N) is 1. The van der Waals surface area contributed by atoms with Crippen molar-refractivity contribution in [2.75, 3.05) is 36.1 Å². The van der Waals surface area contributed by atoms with E-state index in [1.54, 1.807) is 13.1 Å². The summed E-state index contributed by atoms with van der Waals surface area (Å²) in [5.74, 6) is 0.665. The number of benzene rings is 2. The molecule has 2 aliphatic rings. The minimum atomic E-state index is -0.113. The number of morpholine rings is 1. The van der Waals surface area contributed by atoms with Crippen LogP contribution in [-0.2, 0) is 33.7 Å². The molecule has 2 aromatic carbocycles. The summed E-state index contributed by atoms with van der Waals surface area (Å²) in [6, 6.07) is 14.7. The highest BCUT2D eigenvalue weighted by Gasteiger charge is 2.26. The van der Waals surface area contributed by atoms with E-state index in [1.165, 1.54) is 5.56 Å². The Morgan fingerprint density at radius 2 is 1.88 bits per heavy atom. The van der Waals surface area contributed by atoms with Gasteiger partial charge in [-0.15, -0.1) is 0 Å². The maximum absolute atomic E-state index is 12.9.